The van der Waals surface area contributed by atoms with E-state index in [0.717, 1.165) is 52.2 Å². The van der Waals surface area contributed by atoms with Gasteiger partial charge in [-0.05, 0) is 47.7 Å². The topological polar surface area (TPSA) is 112 Å². The molecule has 0 unspecified atom stereocenters. The van der Waals surface area contributed by atoms with Gasteiger partial charge in [-0.3, -0.25) is 14.2 Å². The number of carbonyl (C=O) groups is 1. The van der Waals surface area contributed by atoms with Crippen molar-refractivity contribution in [3.8, 4) is 28.1 Å². The summed E-state index contributed by atoms with van der Waals surface area (Å²) in [6.07, 6.45) is 8.19. The van der Waals surface area contributed by atoms with Crippen LogP contribution in [0.4, 0.5) is 11.6 Å². The second kappa shape index (κ2) is 10.3. The number of rotatable bonds is 7. The molecule has 0 aliphatic heterocycles. The maximum atomic E-state index is 12.1. The van der Waals surface area contributed by atoms with E-state index in [2.05, 4.69) is 45.0 Å². The SMILES string of the molecule is CNC(=O)c1ccc(Nc2ncc3c(n2)-c2c(nn(C)c2Cc2cccc(-c4cnn(C)c4)c2)CC3)c(OC)c1. The zero-order valence-electron chi connectivity index (χ0n) is 22.9. The van der Waals surface area contributed by atoms with E-state index in [4.69, 9.17) is 14.8 Å². The molecule has 10 heteroatoms. The first-order chi connectivity index (χ1) is 19.4. The molecule has 0 saturated carbocycles. The fourth-order valence-corrected chi connectivity index (χ4v) is 5.22. The normalized spacial score (nSPS) is 12.0. The number of methoxy groups -OCH3 is 1. The predicted octanol–water partition coefficient (Wildman–Crippen LogP) is 4.08. The largest absolute Gasteiger partial charge is 0.495 e. The molecule has 3 aromatic heterocycles. The highest BCUT2D eigenvalue weighted by atomic mass is 16.5. The summed E-state index contributed by atoms with van der Waals surface area (Å²) in [5.41, 5.74) is 9.80. The van der Waals surface area contributed by atoms with E-state index in [1.165, 1.54) is 5.56 Å². The van der Waals surface area contributed by atoms with E-state index >= 15 is 0 Å². The number of ether oxygens (including phenoxy) is 1. The summed E-state index contributed by atoms with van der Waals surface area (Å²) in [6.45, 7) is 0. The number of nitrogens with one attached hydrogen (secondary N) is 2. The van der Waals surface area contributed by atoms with Crippen LogP contribution in [0.15, 0.2) is 61.1 Å². The fourth-order valence-electron chi connectivity index (χ4n) is 5.22. The third kappa shape index (κ3) is 4.68. The first-order valence-corrected chi connectivity index (χ1v) is 13.1. The molecule has 2 aromatic carbocycles. The molecule has 3 heterocycles. The van der Waals surface area contributed by atoms with Gasteiger partial charge in [0, 0.05) is 56.6 Å². The summed E-state index contributed by atoms with van der Waals surface area (Å²) in [5.74, 6) is 0.794. The van der Waals surface area contributed by atoms with Gasteiger partial charge in [-0.15, -0.1) is 0 Å². The average Bonchev–Trinajstić information content (AvgIpc) is 3.55. The van der Waals surface area contributed by atoms with Gasteiger partial charge in [0.05, 0.1) is 36.1 Å². The van der Waals surface area contributed by atoms with Crippen molar-refractivity contribution in [2.75, 3.05) is 19.5 Å². The molecule has 0 radical (unpaired) electrons. The molecule has 1 aliphatic rings. The summed E-state index contributed by atoms with van der Waals surface area (Å²) in [7, 11) is 7.09. The first-order valence-electron chi connectivity index (χ1n) is 13.1. The van der Waals surface area contributed by atoms with Crippen LogP contribution in [0.25, 0.3) is 22.4 Å². The molecular weight excluding hydrogens is 504 g/mol. The van der Waals surface area contributed by atoms with Crippen molar-refractivity contribution in [1.82, 2.24) is 34.8 Å². The van der Waals surface area contributed by atoms with Gasteiger partial charge in [-0.1, -0.05) is 24.3 Å². The van der Waals surface area contributed by atoms with Crippen LogP contribution in [0.2, 0.25) is 0 Å². The molecule has 0 bridgehead atoms. The van der Waals surface area contributed by atoms with Crippen molar-refractivity contribution in [1.29, 1.82) is 0 Å². The summed E-state index contributed by atoms with van der Waals surface area (Å²) in [6, 6.07) is 13.8. The minimum Gasteiger partial charge on any atom is -0.495 e. The molecule has 10 nitrogen and oxygen atoms in total. The standard InChI is InChI=1S/C30H30N8O2/c1-31-29(39)20-8-10-23(26(14-20)40-4)34-30-32-15-21-9-11-24-27(28(21)35-30)25(38(3)36-24)13-18-6-5-7-19(12-18)22-16-33-37(2)17-22/h5-8,10,12,14-17H,9,11,13H2,1-4H3,(H,31,39)(H,32,34,35). The maximum absolute atomic E-state index is 12.1. The van der Waals surface area contributed by atoms with Gasteiger partial charge in [0.1, 0.15) is 5.75 Å². The third-order valence-corrected chi connectivity index (χ3v) is 7.24. The maximum Gasteiger partial charge on any atom is 0.251 e. The Morgan fingerprint density at radius 3 is 2.73 bits per heavy atom. The zero-order chi connectivity index (χ0) is 27.8. The van der Waals surface area contributed by atoms with Crippen LogP contribution in [0.1, 0.15) is 32.9 Å². The smallest absolute Gasteiger partial charge is 0.251 e. The Labute approximate surface area is 232 Å². The van der Waals surface area contributed by atoms with Crippen molar-refractivity contribution < 1.29 is 9.53 Å². The fraction of sp³-hybridized carbons (Fsp3) is 0.233. The van der Waals surface area contributed by atoms with Crippen molar-refractivity contribution in [3.05, 3.63) is 89.1 Å². The molecule has 2 N–H and O–H groups in total. The molecule has 202 valence electrons. The Morgan fingerprint density at radius 1 is 1.07 bits per heavy atom. The molecule has 1 aliphatic carbocycles. The van der Waals surface area contributed by atoms with Crippen LogP contribution < -0.4 is 15.4 Å². The molecule has 0 atom stereocenters. The lowest BCUT2D eigenvalue weighted by Crippen LogP contribution is -2.17. The zero-order valence-corrected chi connectivity index (χ0v) is 22.9. The van der Waals surface area contributed by atoms with E-state index in [-0.39, 0.29) is 5.91 Å². The number of nitrogens with zero attached hydrogens (tertiary/aromatic N) is 6. The number of fused-ring (bicyclic) bond motifs is 3. The van der Waals surface area contributed by atoms with Crippen molar-refractivity contribution in [3.63, 3.8) is 0 Å². The number of aromatic nitrogens is 6. The molecular formula is C30H30N8O2. The van der Waals surface area contributed by atoms with Gasteiger partial charge in [-0.2, -0.15) is 10.2 Å². The van der Waals surface area contributed by atoms with Gasteiger partial charge in [0.25, 0.3) is 5.91 Å². The van der Waals surface area contributed by atoms with E-state index in [1.807, 2.05) is 42.0 Å². The van der Waals surface area contributed by atoms with E-state index < -0.39 is 0 Å². The van der Waals surface area contributed by atoms with Gasteiger partial charge in [-0.25, -0.2) is 9.97 Å². The Hall–Kier alpha value is -4.99. The lowest BCUT2D eigenvalue weighted by Gasteiger charge is -2.18. The number of amides is 1. The molecule has 0 saturated heterocycles. The van der Waals surface area contributed by atoms with Gasteiger partial charge >= 0.3 is 0 Å². The van der Waals surface area contributed by atoms with Crippen LogP contribution in [-0.4, -0.2) is 49.6 Å². The highest BCUT2D eigenvalue weighted by Crippen LogP contribution is 2.37. The Morgan fingerprint density at radius 2 is 1.95 bits per heavy atom. The van der Waals surface area contributed by atoms with Gasteiger partial charge in [0.15, 0.2) is 0 Å². The Bertz CT molecular complexity index is 1740. The Balaban J connectivity index is 1.34. The molecule has 5 aromatic rings. The first kappa shape index (κ1) is 25.3. The predicted molar refractivity (Wildman–Crippen MR) is 153 cm³/mol. The highest BCUT2D eigenvalue weighted by Gasteiger charge is 2.26. The van der Waals surface area contributed by atoms with Crippen LogP contribution in [-0.2, 0) is 33.4 Å². The van der Waals surface area contributed by atoms with Gasteiger partial charge < -0.3 is 15.4 Å². The second-order valence-corrected chi connectivity index (χ2v) is 9.86. The average molecular weight is 535 g/mol. The second-order valence-electron chi connectivity index (χ2n) is 9.86. The van der Waals surface area contributed by atoms with Crippen molar-refractivity contribution >= 4 is 17.5 Å². The van der Waals surface area contributed by atoms with E-state index in [0.29, 0.717) is 29.4 Å². The van der Waals surface area contributed by atoms with Crippen LogP contribution in [0.3, 0.4) is 0 Å². The van der Waals surface area contributed by atoms with E-state index in [1.54, 1.807) is 32.4 Å². The molecule has 0 spiro atoms. The van der Waals surface area contributed by atoms with Crippen molar-refractivity contribution in [2.24, 2.45) is 14.1 Å². The van der Waals surface area contributed by atoms with Gasteiger partial charge in [0.2, 0.25) is 5.95 Å². The monoisotopic (exact) mass is 534 g/mol. The van der Waals surface area contributed by atoms with Crippen molar-refractivity contribution in [2.45, 2.75) is 19.3 Å². The lowest BCUT2D eigenvalue weighted by molar-refractivity contribution is 0.0963. The van der Waals surface area contributed by atoms with Crippen LogP contribution in [0, 0.1) is 0 Å². The molecule has 1 amide bonds. The third-order valence-electron chi connectivity index (χ3n) is 7.24. The quantitative estimate of drug-likeness (QED) is 0.324. The number of carbonyl (C=O) groups excluding carboxylic acids is 1. The highest BCUT2D eigenvalue weighted by molar-refractivity contribution is 5.95. The number of benzene rings is 2. The van der Waals surface area contributed by atoms with Crippen LogP contribution in [0.5, 0.6) is 5.75 Å². The number of anilines is 2. The molecule has 0 fully saturated rings. The molecule has 6 rings (SSSR count). The number of hydrogen-bond donors (Lipinski definition) is 2. The lowest BCUT2D eigenvalue weighted by atomic mass is 9.91. The summed E-state index contributed by atoms with van der Waals surface area (Å²) in [4.78, 5) is 21.6. The summed E-state index contributed by atoms with van der Waals surface area (Å²) >= 11 is 0. The Kier molecular flexibility index (Phi) is 6.51. The van der Waals surface area contributed by atoms with E-state index in [9.17, 15) is 4.79 Å². The minimum absolute atomic E-state index is 0.183. The number of aryl methyl sites for hydroxylation is 4. The number of hydrogen-bond acceptors (Lipinski definition) is 7. The minimum atomic E-state index is -0.183. The molecule has 40 heavy (non-hydrogen) atoms. The van der Waals surface area contributed by atoms with Crippen LogP contribution >= 0.6 is 0 Å². The summed E-state index contributed by atoms with van der Waals surface area (Å²) in [5, 5.41) is 15.1. The summed E-state index contributed by atoms with van der Waals surface area (Å²) < 4.78 is 9.33.